The van der Waals surface area contributed by atoms with Gasteiger partial charge in [-0.2, -0.15) is 0 Å². The Hall–Kier alpha value is -1.84. The minimum Gasteiger partial charge on any atom is -0.481 e. The number of rotatable bonds is 6. The lowest BCUT2D eigenvalue weighted by Gasteiger charge is -2.33. The summed E-state index contributed by atoms with van der Waals surface area (Å²) in [4.78, 5) is 23.5. The van der Waals surface area contributed by atoms with E-state index >= 15 is 0 Å². The molecule has 2 atom stereocenters. The summed E-state index contributed by atoms with van der Waals surface area (Å²) in [5.74, 6) is -3.02. The molecule has 0 heterocycles. The number of benzene rings is 1. The van der Waals surface area contributed by atoms with Crippen molar-refractivity contribution >= 4 is 11.9 Å². The Bertz CT molecular complexity index is 441. The highest BCUT2D eigenvalue weighted by molar-refractivity contribution is 5.95. The molecule has 0 bridgehead atoms. The molecule has 1 N–H and O–H groups in total. The number of esters is 1. The minimum atomic E-state index is -1.19. The Morgan fingerprint density at radius 3 is 2.26 bits per heavy atom. The fourth-order valence-corrected chi connectivity index (χ4v) is 2.25. The summed E-state index contributed by atoms with van der Waals surface area (Å²) in [6, 6.07) is 9.23. The maximum Gasteiger partial charge on any atom is 0.321 e. The van der Waals surface area contributed by atoms with Gasteiger partial charge in [0.05, 0.1) is 6.61 Å². The molecule has 4 nitrogen and oxygen atoms in total. The first-order chi connectivity index (χ1) is 8.97. The van der Waals surface area contributed by atoms with E-state index in [1.54, 1.807) is 13.8 Å². The van der Waals surface area contributed by atoms with Crippen molar-refractivity contribution in [2.45, 2.75) is 32.6 Å². The van der Waals surface area contributed by atoms with Crippen molar-refractivity contribution in [2.24, 2.45) is 5.92 Å². The summed E-state index contributed by atoms with van der Waals surface area (Å²) < 4.78 is 4.92. The highest BCUT2D eigenvalue weighted by Gasteiger charge is 2.45. The van der Waals surface area contributed by atoms with Crippen molar-refractivity contribution in [2.75, 3.05) is 6.61 Å². The minimum absolute atomic E-state index is 0.178. The second-order valence-electron chi connectivity index (χ2n) is 4.66. The Labute approximate surface area is 113 Å². The Morgan fingerprint density at radius 1 is 1.26 bits per heavy atom. The van der Waals surface area contributed by atoms with Crippen LogP contribution < -0.4 is 0 Å². The molecule has 0 spiro atoms. The second kappa shape index (κ2) is 6.36. The number of ether oxygens (including phenoxy) is 1. The van der Waals surface area contributed by atoms with Crippen LogP contribution >= 0.6 is 0 Å². The molecule has 19 heavy (non-hydrogen) atoms. The van der Waals surface area contributed by atoms with Gasteiger partial charge < -0.3 is 9.84 Å². The van der Waals surface area contributed by atoms with Crippen LogP contribution in [0.5, 0.6) is 0 Å². The number of carbonyl (C=O) groups is 2. The molecule has 0 radical (unpaired) electrons. The molecule has 0 saturated heterocycles. The summed E-state index contributed by atoms with van der Waals surface area (Å²) >= 11 is 0. The first kappa shape index (κ1) is 15.2. The van der Waals surface area contributed by atoms with Gasteiger partial charge in [0.2, 0.25) is 0 Å². The molecular weight excluding hydrogens is 244 g/mol. The number of hydrogen-bond acceptors (Lipinski definition) is 3. The van der Waals surface area contributed by atoms with Gasteiger partial charge in [-0.05, 0) is 18.9 Å². The van der Waals surface area contributed by atoms with Gasteiger partial charge >= 0.3 is 11.9 Å². The molecule has 0 saturated carbocycles. The number of hydrogen-bond donors (Lipinski definition) is 1. The molecular formula is C15H20O4. The predicted octanol–water partition coefficient (Wildman–Crippen LogP) is 2.62. The molecule has 1 rings (SSSR count). The van der Waals surface area contributed by atoms with Crippen molar-refractivity contribution < 1.29 is 19.4 Å². The van der Waals surface area contributed by atoms with Crippen molar-refractivity contribution in [1.82, 2.24) is 0 Å². The molecule has 0 fully saturated rings. The summed E-state index contributed by atoms with van der Waals surface area (Å²) in [6.07, 6.45) is 0.535. The van der Waals surface area contributed by atoms with Crippen LogP contribution in [-0.2, 0) is 19.7 Å². The smallest absolute Gasteiger partial charge is 0.321 e. The normalized spacial score (nSPS) is 15.3. The maximum atomic E-state index is 12.0. The lowest BCUT2D eigenvalue weighted by atomic mass is 9.70. The van der Waals surface area contributed by atoms with Gasteiger partial charge in [0.15, 0.2) is 5.92 Å². The first-order valence-electron chi connectivity index (χ1n) is 6.42. The molecule has 104 valence electrons. The fraction of sp³-hybridized carbons (Fsp3) is 0.467. The van der Waals surface area contributed by atoms with Crippen LogP contribution in [0, 0.1) is 5.92 Å². The van der Waals surface area contributed by atoms with E-state index in [0.29, 0.717) is 6.42 Å². The molecule has 0 aliphatic carbocycles. The van der Waals surface area contributed by atoms with Gasteiger partial charge in [0, 0.05) is 5.41 Å². The highest BCUT2D eigenvalue weighted by Crippen LogP contribution is 2.36. The van der Waals surface area contributed by atoms with Gasteiger partial charge in [0.25, 0.3) is 0 Å². The van der Waals surface area contributed by atoms with Crippen molar-refractivity contribution in [3.05, 3.63) is 35.9 Å². The summed E-state index contributed by atoms with van der Waals surface area (Å²) in [5, 5.41) is 9.40. The van der Waals surface area contributed by atoms with E-state index in [0.717, 1.165) is 5.56 Å². The van der Waals surface area contributed by atoms with E-state index < -0.39 is 23.3 Å². The SMILES string of the molecule is CCOC(=O)C(C(=O)O)C(C)(CC)c1ccccc1. The topological polar surface area (TPSA) is 63.6 Å². The van der Waals surface area contributed by atoms with Crippen LogP contribution in [0.2, 0.25) is 0 Å². The van der Waals surface area contributed by atoms with E-state index in [1.807, 2.05) is 37.3 Å². The van der Waals surface area contributed by atoms with E-state index in [1.165, 1.54) is 0 Å². The quantitative estimate of drug-likeness (QED) is 0.633. The van der Waals surface area contributed by atoms with Crippen molar-refractivity contribution in [3.8, 4) is 0 Å². The van der Waals surface area contributed by atoms with Crippen molar-refractivity contribution in [1.29, 1.82) is 0 Å². The third kappa shape index (κ3) is 3.13. The van der Waals surface area contributed by atoms with Gasteiger partial charge in [0.1, 0.15) is 0 Å². The number of carboxylic acids is 1. The molecule has 0 amide bonds. The highest BCUT2D eigenvalue weighted by atomic mass is 16.5. The predicted molar refractivity (Wildman–Crippen MR) is 71.8 cm³/mol. The summed E-state index contributed by atoms with van der Waals surface area (Å²) in [5.41, 5.74) is 0.0530. The lowest BCUT2D eigenvalue weighted by Crippen LogP contribution is -2.43. The van der Waals surface area contributed by atoms with Crippen LogP contribution in [0.4, 0.5) is 0 Å². The molecule has 1 aromatic rings. The number of carbonyl (C=O) groups excluding carboxylic acids is 1. The average molecular weight is 264 g/mol. The molecule has 0 aromatic heterocycles. The Balaban J connectivity index is 3.23. The second-order valence-corrected chi connectivity index (χ2v) is 4.66. The van der Waals surface area contributed by atoms with E-state index in [4.69, 9.17) is 4.74 Å². The van der Waals surface area contributed by atoms with E-state index in [-0.39, 0.29) is 6.61 Å². The van der Waals surface area contributed by atoms with Crippen LogP contribution in [0.15, 0.2) is 30.3 Å². The molecule has 2 unspecified atom stereocenters. The largest absolute Gasteiger partial charge is 0.481 e. The summed E-state index contributed by atoms with van der Waals surface area (Å²) in [6.45, 7) is 5.51. The average Bonchev–Trinajstić information content (AvgIpc) is 2.39. The molecule has 0 aliphatic rings. The maximum absolute atomic E-state index is 12.0. The third-order valence-corrected chi connectivity index (χ3v) is 3.57. The Kier molecular flexibility index (Phi) is 5.10. The van der Waals surface area contributed by atoms with Crippen LogP contribution in [0.3, 0.4) is 0 Å². The van der Waals surface area contributed by atoms with E-state index in [2.05, 4.69) is 0 Å². The number of carboxylic acid groups (broad SMARTS) is 1. The van der Waals surface area contributed by atoms with Gasteiger partial charge in [-0.25, -0.2) is 0 Å². The zero-order valence-corrected chi connectivity index (χ0v) is 11.6. The molecule has 0 aliphatic heterocycles. The van der Waals surface area contributed by atoms with Crippen LogP contribution in [0.25, 0.3) is 0 Å². The lowest BCUT2D eigenvalue weighted by molar-refractivity contribution is -0.162. The third-order valence-electron chi connectivity index (χ3n) is 3.57. The fourth-order valence-electron chi connectivity index (χ4n) is 2.25. The van der Waals surface area contributed by atoms with Crippen LogP contribution in [0.1, 0.15) is 32.8 Å². The zero-order valence-electron chi connectivity index (χ0n) is 11.6. The van der Waals surface area contributed by atoms with E-state index in [9.17, 15) is 14.7 Å². The van der Waals surface area contributed by atoms with Gasteiger partial charge in [-0.3, -0.25) is 9.59 Å². The zero-order chi connectivity index (χ0) is 14.5. The number of aliphatic carboxylic acids is 1. The first-order valence-corrected chi connectivity index (χ1v) is 6.42. The summed E-state index contributed by atoms with van der Waals surface area (Å²) in [7, 11) is 0. The standard InChI is InChI=1S/C15H20O4/c1-4-15(3,11-9-7-6-8-10-11)12(13(16)17)14(18)19-5-2/h6-10,12H,4-5H2,1-3H3,(H,16,17). The molecule has 4 heteroatoms. The van der Waals surface area contributed by atoms with Gasteiger partial charge in [-0.15, -0.1) is 0 Å². The molecule has 1 aromatic carbocycles. The van der Waals surface area contributed by atoms with Gasteiger partial charge in [-0.1, -0.05) is 44.2 Å². The van der Waals surface area contributed by atoms with Crippen molar-refractivity contribution in [3.63, 3.8) is 0 Å². The van der Waals surface area contributed by atoms with Crippen LogP contribution in [-0.4, -0.2) is 23.7 Å². The monoisotopic (exact) mass is 264 g/mol. The Morgan fingerprint density at radius 2 is 1.84 bits per heavy atom.